The van der Waals surface area contributed by atoms with Gasteiger partial charge in [-0.1, -0.05) is 85.3 Å². The normalized spacial score (nSPS) is 14.6. The maximum absolute atomic E-state index is 14.3. The van der Waals surface area contributed by atoms with Gasteiger partial charge in [-0.3, -0.25) is 13.9 Å². The highest BCUT2D eigenvalue weighted by Gasteiger charge is 2.35. The first-order valence-electron chi connectivity index (χ1n) is 14.4. The standard InChI is InChI=1S/C32H36Cl3N3O4S/c1-3-29(32(40)36-25-10-6-4-7-11-25)37(20-23-14-16-27(34)28(35)19-23)31(39)21-38(30-17-15-24(33)18-22(30)2)43(41,42)26-12-8-5-9-13-26/h5,8-9,12-19,25,29H,3-4,6-7,10-11,20-21H2,1-2H3,(H,36,40)/t29-/m1/s1. The lowest BCUT2D eigenvalue weighted by atomic mass is 9.95. The zero-order chi connectivity index (χ0) is 31.1. The predicted molar refractivity (Wildman–Crippen MR) is 173 cm³/mol. The molecule has 1 aliphatic carbocycles. The van der Waals surface area contributed by atoms with Crippen LogP contribution in [-0.4, -0.2) is 43.8 Å². The van der Waals surface area contributed by atoms with E-state index in [0.29, 0.717) is 38.3 Å². The van der Waals surface area contributed by atoms with Gasteiger partial charge in [0.05, 0.1) is 20.6 Å². The molecule has 1 atom stereocenters. The van der Waals surface area contributed by atoms with Crippen molar-refractivity contribution in [3.05, 3.63) is 92.9 Å². The van der Waals surface area contributed by atoms with Crippen molar-refractivity contribution >= 4 is 62.3 Å². The van der Waals surface area contributed by atoms with E-state index in [0.717, 1.165) is 36.4 Å². The number of aryl methyl sites for hydroxylation is 1. The van der Waals surface area contributed by atoms with Crippen LogP contribution in [0.15, 0.2) is 71.6 Å². The van der Waals surface area contributed by atoms with Crippen LogP contribution in [0.4, 0.5) is 5.69 Å². The second-order valence-corrected chi connectivity index (χ2v) is 13.9. The van der Waals surface area contributed by atoms with E-state index in [-0.39, 0.29) is 23.4 Å². The van der Waals surface area contributed by atoms with Crippen LogP contribution in [0.1, 0.15) is 56.6 Å². The minimum Gasteiger partial charge on any atom is -0.352 e. The summed E-state index contributed by atoms with van der Waals surface area (Å²) in [5.74, 6) is -0.798. The highest BCUT2D eigenvalue weighted by atomic mass is 35.5. The fourth-order valence-electron chi connectivity index (χ4n) is 5.43. The van der Waals surface area contributed by atoms with Crippen molar-refractivity contribution < 1.29 is 18.0 Å². The zero-order valence-electron chi connectivity index (χ0n) is 24.2. The molecule has 0 aliphatic heterocycles. The van der Waals surface area contributed by atoms with E-state index in [9.17, 15) is 18.0 Å². The van der Waals surface area contributed by atoms with Crippen molar-refractivity contribution in [2.24, 2.45) is 0 Å². The van der Waals surface area contributed by atoms with Gasteiger partial charge in [-0.2, -0.15) is 0 Å². The third kappa shape index (κ3) is 8.24. The zero-order valence-corrected chi connectivity index (χ0v) is 27.3. The Morgan fingerprint density at radius 1 is 0.930 bits per heavy atom. The summed E-state index contributed by atoms with van der Waals surface area (Å²) in [6.07, 6.45) is 5.34. The van der Waals surface area contributed by atoms with Crippen molar-refractivity contribution in [2.75, 3.05) is 10.8 Å². The summed E-state index contributed by atoms with van der Waals surface area (Å²) in [7, 11) is -4.17. The lowest BCUT2D eigenvalue weighted by molar-refractivity contribution is -0.140. The molecule has 1 saturated carbocycles. The third-order valence-corrected chi connectivity index (χ3v) is 10.5. The molecular formula is C32H36Cl3N3O4S. The van der Waals surface area contributed by atoms with Gasteiger partial charge < -0.3 is 10.2 Å². The van der Waals surface area contributed by atoms with Crippen LogP contribution in [0, 0.1) is 6.92 Å². The first kappa shape index (κ1) is 33.1. The lowest BCUT2D eigenvalue weighted by Gasteiger charge is -2.34. The maximum atomic E-state index is 14.3. The lowest BCUT2D eigenvalue weighted by Crippen LogP contribution is -2.54. The van der Waals surface area contributed by atoms with Gasteiger partial charge in [0.2, 0.25) is 11.8 Å². The quantitative estimate of drug-likeness (QED) is 0.231. The van der Waals surface area contributed by atoms with Crippen molar-refractivity contribution in [3.63, 3.8) is 0 Å². The molecule has 0 heterocycles. The second-order valence-electron chi connectivity index (χ2n) is 10.8. The van der Waals surface area contributed by atoms with Gasteiger partial charge in [0, 0.05) is 17.6 Å². The summed E-state index contributed by atoms with van der Waals surface area (Å²) in [6.45, 7) is 3.07. The van der Waals surface area contributed by atoms with Crippen molar-refractivity contribution in [3.8, 4) is 0 Å². The summed E-state index contributed by atoms with van der Waals surface area (Å²) in [5.41, 5.74) is 1.56. The Balaban J connectivity index is 1.73. The van der Waals surface area contributed by atoms with Gasteiger partial charge in [0.15, 0.2) is 0 Å². The van der Waals surface area contributed by atoms with Crippen molar-refractivity contribution in [1.82, 2.24) is 10.2 Å². The number of benzene rings is 3. The molecule has 3 aromatic carbocycles. The predicted octanol–water partition coefficient (Wildman–Crippen LogP) is 7.41. The number of amides is 2. The van der Waals surface area contributed by atoms with Crippen molar-refractivity contribution in [1.29, 1.82) is 0 Å². The molecule has 0 bridgehead atoms. The molecule has 1 fully saturated rings. The molecule has 230 valence electrons. The van der Waals surface area contributed by atoms with E-state index in [4.69, 9.17) is 34.8 Å². The van der Waals surface area contributed by atoms with Gasteiger partial charge >= 0.3 is 0 Å². The summed E-state index contributed by atoms with van der Waals surface area (Å²) < 4.78 is 29.1. The molecule has 1 aliphatic rings. The molecule has 0 radical (unpaired) electrons. The maximum Gasteiger partial charge on any atom is 0.264 e. The van der Waals surface area contributed by atoms with Crippen LogP contribution in [0.5, 0.6) is 0 Å². The molecule has 1 N–H and O–H groups in total. The van der Waals surface area contributed by atoms with E-state index in [1.165, 1.54) is 17.0 Å². The summed E-state index contributed by atoms with van der Waals surface area (Å²) in [4.78, 5) is 29.4. The number of hydrogen-bond donors (Lipinski definition) is 1. The first-order chi connectivity index (χ1) is 20.5. The number of carbonyl (C=O) groups is 2. The summed E-state index contributed by atoms with van der Waals surface area (Å²) >= 11 is 18.6. The van der Waals surface area contributed by atoms with Crippen LogP contribution in [-0.2, 0) is 26.2 Å². The molecule has 2 amide bonds. The van der Waals surface area contributed by atoms with Crippen molar-refractivity contribution in [2.45, 2.75) is 75.9 Å². The van der Waals surface area contributed by atoms with Gasteiger partial charge in [0.1, 0.15) is 12.6 Å². The first-order valence-corrected chi connectivity index (χ1v) is 17.0. The van der Waals surface area contributed by atoms with E-state index >= 15 is 0 Å². The topological polar surface area (TPSA) is 86.8 Å². The largest absolute Gasteiger partial charge is 0.352 e. The fourth-order valence-corrected chi connectivity index (χ4v) is 7.48. The Hall–Kier alpha value is -2.78. The molecule has 43 heavy (non-hydrogen) atoms. The highest BCUT2D eigenvalue weighted by molar-refractivity contribution is 7.92. The molecule has 0 spiro atoms. The molecule has 4 rings (SSSR count). The fraction of sp³-hybridized carbons (Fsp3) is 0.375. The van der Waals surface area contributed by atoms with Gasteiger partial charge in [0.25, 0.3) is 10.0 Å². The average molecular weight is 665 g/mol. The average Bonchev–Trinajstić information content (AvgIpc) is 2.98. The van der Waals surface area contributed by atoms with E-state index < -0.39 is 28.5 Å². The molecule has 0 aromatic heterocycles. The van der Waals surface area contributed by atoms with Crippen LogP contribution in [0.25, 0.3) is 0 Å². The number of anilines is 1. The molecule has 11 heteroatoms. The van der Waals surface area contributed by atoms with E-state index in [1.807, 2.05) is 6.92 Å². The summed E-state index contributed by atoms with van der Waals surface area (Å²) in [5, 5.41) is 4.26. The van der Waals surface area contributed by atoms with Crippen LogP contribution < -0.4 is 9.62 Å². The Labute approximate surface area is 269 Å². The number of nitrogens with one attached hydrogen (secondary N) is 1. The molecule has 7 nitrogen and oxygen atoms in total. The monoisotopic (exact) mass is 663 g/mol. The second kappa shape index (κ2) is 14.8. The minimum atomic E-state index is -4.17. The Kier molecular flexibility index (Phi) is 11.4. The van der Waals surface area contributed by atoms with E-state index in [1.54, 1.807) is 61.5 Å². The van der Waals surface area contributed by atoms with E-state index in [2.05, 4.69) is 5.32 Å². The Morgan fingerprint density at radius 3 is 2.26 bits per heavy atom. The SMILES string of the molecule is CC[C@H](C(=O)NC1CCCCC1)N(Cc1ccc(Cl)c(Cl)c1)C(=O)CN(c1ccc(Cl)cc1C)S(=O)(=O)c1ccccc1. The number of nitrogens with zero attached hydrogens (tertiary/aromatic N) is 2. The number of sulfonamides is 1. The van der Waals surface area contributed by atoms with Crippen LogP contribution in [0.2, 0.25) is 15.1 Å². The molecule has 0 unspecified atom stereocenters. The molecule has 3 aromatic rings. The smallest absolute Gasteiger partial charge is 0.264 e. The van der Waals surface area contributed by atoms with Crippen LogP contribution in [0.3, 0.4) is 0 Å². The van der Waals surface area contributed by atoms with Crippen LogP contribution >= 0.6 is 34.8 Å². The Bertz CT molecular complexity index is 1550. The number of rotatable bonds is 11. The number of halogens is 3. The summed E-state index contributed by atoms with van der Waals surface area (Å²) in [6, 6.07) is 17.0. The molecular weight excluding hydrogens is 629 g/mol. The van der Waals surface area contributed by atoms with Gasteiger partial charge in [-0.15, -0.1) is 0 Å². The third-order valence-electron chi connectivity index (χ3n) is 7.71. The number of carbonyl (C=O) groups excluding carboxylic acids is 2. The van der Waals surface area contributed by atoms with Gasteiger partial charge in [-0.05, 0) is 79.8 Å². The van der Waals surface area contributed by atoms with Gasteiger partial charge in [-0.25, -0.2) is 8.42 Å². The Morgan fingerprint density at radius 2 is 1.63 bits per heavy atom. The number of hydrogen-bond acceptors (Lipinski definition) is 4. The molecule has 0 saturated heterocycles. The minimum absolute atomic E-state index is 0.0329. The highest BCUT2D eigenvalue weighted by Crippen LogP contribution is 2.30.